The van der Waals surface area contributed by atoms with Crippen LogP contribution in [0.2, 0.25) is 0 Å². The second-order valence-electron chi connectivity index (χ2n) is 6.32. The number of aliphatic imine (C=N–C) groups is 1. The number of guanidine groups is 1. The summed E-state index contributed by atoms with van der Waals surface area (Å²) in [6, 6.07) is 0. The van der Waals surface area contributed by atoms with Gasteiger partial charge in [-0.15, -0.1) is 24.0 Å². The van der Waals surface area contributed by atoms with E-state index < -0.39 is 0 Å². The normalized spacial score (nSPS) is 17.1. The van der Waals surface area contributed by atoms with Crippen molar-refractivity contribution in [2.24, 2.45) is 12.0 Å². The molecule has 2 heterocycles. The van der Waals surface area contributed by atoms with Gasteiger partial charge in [-0.25, -0.2) is 4.99 Å². The van der Waals surface area contributed by atoms with Crippen molar-refractivity contribution in [1.82, 2.24) is 20.4 Å². The van der Waals surface area contributed by atoms with E-state index in [4.69, 9.17) is 9.73 Å². The van der Waals surface area contributed by atoms with Gasteiger partial charge in [-0.3, -0.25) is 4.68 Å². The fraction of sp³-hybridized carbons (Fsp3) is 0.765. The van der Waals surface area contributed by atoms with Gasteiger partial charge in [0.05, 0.1) is 12.2 Å². The first-order valence-corrected chi connectivity index (χ1v) is 9.88. The topological polar surface area (TPSA) is 63.5 Å². The minimum Gasteiger partial charge on any atom is -0.381 e. The van der Waals surface area contributed by atoms with Crippen molar-refractivity contribution < 1.29 is 4.74 Å². The molecule has 0 amide bonds. The van der Waals surface area contributed by atoms with Crippen LogP contribution in [0, 0.1) is 13.8 Å². The minimum atomic E-state index is 0. The molecule has 0 atom stereocenters. The zero-order valence-electron chi connectivity index (χ0n) is 16.0. The molecule has 1 aliphatic heterocycles. The summed E-state index contributed by atoms with van der Waals surface area (Å²) < 4.78 is 7.69. The smallest absolute Gasteiger partial charge is 0.191 e. The zero-order valence-corrected chi connectivity index (χ0v) is 19.2. The Labute approximate surface area is 173 Å². The van der Waals surface area contributed by atoms with Crippen LogP contribution in [0.3, 0.4) is 0 Å². The van der Waals surface area contributed by atoms with Crippen molar-refractivity contribution in [1.29, 1.82) is 0 Å². The maximum atomic E-state index is 5.52. The van der Waals surface area contributed by atoms with Crippen LogP contribution in [-0.4, -0.2) is 53.0 Å². The Bertz CT molecular complexity index is 570. The monoisotopic (exact) mass is 481 g/mol. The quantitative estimate of drug-likeness (QED) is 0.372. The number of aromatic nitrogens is 2. The predicted octanol–water partition coefficient (Wildman–Crippen LogP) is 2.62. The molecule has 0 unspecified atom stereocenters. The summed E-state index contributed by atoms with van der Waals surface area (Å²) in [6.45, 7) is 10.3. The van der Waals surface area contributed by atoms with Gasteiger partial charge in [0.1, 0.15) is 0 Å². The van der Waals surface area contributed by atoms with Crippen molar-refractivity contribution in [2.75, 3.05) is 32.6 Å². The van der Waals surface area contributed by atoms with E-state index in [0.717, 1.165) is 50.8 Å². The molecule has 1 aromatic rings. The molecule has 1 saturated heterocycles. The van der Waals surface area contributed by atoms with E-state index in [0.29, 0.717) is 6.54 Å². The van der Waals surface area contributed by atoms with E-state index in [1.54, 1.807) is 0 Å². The van der Waals surface area contributed by atoms with Gasteiger partial charge >= 0.3 is 0 Å². The molecule has 2 N–H and O–H groups in total. The number of nitrogens with zero attached hydrogens (tertiary/aromatic N) is 3. The fourth-order valence-electron chi connectivity index (χ4n) is 2.99. The summed E-state index contributed by atoms with van der Waals surface area (Å²) in [7, 11) is 1.98. The van der Waals surface area contributed by atoms with Crippen molar-refractivity contribution in [3.8, 4) is 0 Å². The van der Waals surface area contributed by atoms with Crippen LogP contribution in [0.15, 0.2) is 4.99 Å². The van der Waals surface area contributed by atoms with Crippen LogP contribution in [0.5, 0.6) is 0 Å². The average Bonchev–Trinajstić information content (AvgIpc) is 2.83. The number of nitrogens with one attached hydrogen (secondary N) is 2. The van der Waals surface area contributed by atoms with Gasteiger partial charge in [0, 0.05) is 49.4 Å². The summed E-state index contributed by atoms with van der Waals surface area (Å²) in [5, 5.41) is 11.4. The minimum absolute atomic E-state index is 0. The average molecular weight is 481 g/mol. The van der Waals surface area contributed by atoms with Crippen LogP contribution in [0.1, 0.15) is 36.7 Å². The molecule has 1 aliphatic rings. The lowest BCUT2D eigenvalue weighted by molar-refractivity contribution is 0.0783. The predicted molar refractivity (Wildman–Crippen MR) is 117 cm³/mol. The van der Waals surface area contributed by atoms with Crippen LogP contribution in [-0.2, 0) is 18.3 Å². The molecule has 0 aliphatic carbocycles. The highest BCUT2D eigenvalue weighted by Gasteiger charge is 2.31. The second-order valence-corrected chi connectivity index (χ2v) is 7.60. The Morgan fingerprint density at radius 1 is 1.32 bits per heavy atom. The third-order valence-corrected chi connectivity index (χ3v) is 6.23. The number of rotatable bonds is 6. The molecule has 2 rings (SSSR count). The first kappa shape index (κ1) is 22.6. The Morgan fingerprint density at radius 3 is 2.52 bits per heavy atom. The number of thioether (sulfide) groups is 1. The van der Waals surface area contributed by atoms with E-state index in [1.165, 1.54) is 11.3 Å². The number of hydrogen-bond donors (Lipinski definition) is 2. The van der Waals surface area contributed by atoms with Gasteiger partial charge in [-0.1, -0.05) is 0 Å². The summed E-state index contributed by atoms with van der Waals surface area (Å²) in [4.78, 5) is 4.77. The SMILES string of the molecule is CCNC(=NCc1c(C)nn(C)c1C)NCC1(SC)CCOCC1.I. The van der Waals surface area contributed by atoms with Gasteiger partial charge in [0.2, 0.25) is 0 Å². The fourth-order valence-corrected chi connectivity index (χ4v) is 3.78. The van der Waals surface area contributed by atoms with E-state index in [2.05, 4.69) is 35.8 Å². The molecule has 1 fully saturated rings. The van der Waals surface area contributed by atoms with Gasteiger partial charge < -0.3 is 15.4 Å². The van der Waals surface area contributed by atoms with E-state index in [-0.39, 0.29) is 28.7 Å². The molecule has 6 nitrogen and oxygen atoms in total. The summed E-state index contributed by atoms with van der Waals surface area (Å²) in [5.41, 5.74) is 3.44. The lowest BCUT2D eigenvalue weighted by Crippen LogP contribution is -2.47. The first-order valence-electron chi connectivity index (χ1n) is 8.65. The summed E-state index contributed by atoms with van der Waals surface area (Å²) >= 11 is 1.94. The van der Waals surface area contributed by atoms with Gasteiger partial charge in [0.25, 0.3) is 0 Å². The molecule has 0 saturated carbocycles. The Balaban J connectivity index is 0.00000312. The molecule has 25 heavy (non-hydrogen) atoms. The van der Waals surface area contributed by atoms with Crippen molar-refractivity contribution >= 4 is 41.7 Å². The molecule has 0 spiro atoms. The Kier molecular flexibility index (Phi) is 9.58. The van der Waals surface area contributed by atoms with Gasteiger partial charge in [-0.05, 0) is 39.9 Å². The highest BCUT2D eigenvalue weighted by molar-refractivity contribution is 14.0. The molecule has 144 valence electrons. The van der Waals surface area contributed by atoms with Crippen LogP contribution < -0.4 is 10.6 Å². The van der Waals surface area contributed by atoms with Gasteiger partial charge in [0.15, 0.2) is 5.96 Å². The first-order chi connectivity index (χ1) is 11.5. The molecular formula is C17H32IN5OS. The number of aryl methyl sites for hydroxylation is 2. The van der Waals surface area contributed by atoms with Crippen molar-refractivity contribution in [3.05, 3.63) is 17.0 Å². The maximum absolute atomic E-state index is 5.52. The molecule has 0 aromatic carbocycles. The maximum Gasteiger partial charge on any atom is 0.191 e. The van der Waals surface area contributed by atoms with Crippen LogP contribution in [0.25, 0.3) is 0 Å². The molecular weight excluding hydrogens is 449 g/mol. The number of hydrogen-bond acceptors (Lipinski definition) is 4. The highest BCUT2D eigenvalue weighted by Crippen LogP contribution is 2.32. The second kappa shape index (κ2) is 10.6. The lowest BCUT2D eigenvalue weighted by atomic mass is 9.99. The number of halogens is 1. The Hall–Kier alpha value is -0.480. The van der Waals surface area contributed by atoms with E-state index in [1.807, 2.05) is 30.4 Å². The molecule has 1 aromatic heterocycles. The van der Waals surface area contributed by atoms with Crippen molar-refractivity contribution in [2.45, 2.75) is 44.9 Å². The summed E-state index contributed by atoms with van der Waals surface area (Å²) in [5.74, 6) is 0.875. The number of ether oxygens (including phenoxy) is 1. The zero-order chi connectivity index (χ0) is 17.6. The van der Waals surface area contributed by atoms with Crippen molar-refractivity contribution in [3.63, 3.8) is 0 Å². The van der Waals surface area contributed by atoms with Crippen LogP contribution >= 0.6 is 35.7 Å². The summed E-state index contributed by atoms with van der Waals surface area (Å²) in [6.07, 6.45) is 4.36. The Morgan fingerprint density at radius 2 is 2.00 bits per heavy atom. The van der Waals surface area contributed by atoms with E-state index >= 15 is 0 Å². The molecule has 8 heteroatoms. The van der Waals surface area contributed by atoms with Gasteiger partial charge in [-0.2, -0.15) is 16.9 Å². The molecule has 0 radical (unpaired) electrons. The largest absolute Gasteiger partial charge is 0.381 e. The third-order valence-electron chi connectivity index (χ3n) is 4.81. The van der Waals surface area contributed by atoms with Crippen LogP contribution in [0.4, 0.5) is 0 Å². The standard InChI is InChI=1S/C17H31N5OS.HI/c1-6-18-16(19-11-15-13(2)21-22(4)14(15)3)20-12-17(24-5)7-9-23-10-8-17;/h6-12H2,1-5H3,(H2,18,19,20);1H. The molecule has 0 bridgehead atoms. The lowest BCUT2D eigenvalue weighted by Gasteiger charge is -2.36. The third kappa shape index (κ3) is 6.02. The van der Waals surface area contributed by atoms with E-state index in [9.17, 15) is 0 Å². The highest BCUT2D eigenvalue weighted by atomic mass is 127.